The van der Waals surface area contributed by atoms with Crippen LogP contribution in [0.2, 0.25) is 0 Å². The molecule has 0 radical (unpaired) electrons. The molecule has 140 valence electrons. The first kappa shape index (κ1) is 18.4. The molecule has 0 bridgehead atoms. The number of ether oxygens (including phenoxy) is 1. The van der Waals surface area contributed by atoms with Gasteiger partial charge in [0.2, 0.25) is 0 Å². The number of nitrogens with zero attached hydrogens (tertiary/aromatic N) is 3. The first-order chi connectivity index (χ1) is 12.3. The van der Waals surface area contributed by atoms with E-state index in [1.165, 1.54) is 0 Å². The standard InChI is InChI=1S/C20H27N3O3/c1-5-26-18(25)14-9-8-11-22(13-14)17(24)16-15-10-6-7-12-23(15)19(21-16)20(2,3)4/h6-7,10,12,14H,5,8-9,11,13H2,1-4H3. The van der Waals surface area contributed by atoms with E-state index in [4.69, 9.17) is 9.72 Å². The van der Waals surface area contributed by atoms with Crippen LogP contribution in [0.5, 0.6) is 0 Å². The number of amides is 1. The van der Waals surface area contributed by atoms with Crippen LogP contribution >= 0.6 is 0 Å². The van der Waals surface area contributed by atoms with Gasteiger partial charge in [0.15, 0.2) is 5.69 Å². The lowest BCUT2D eigenvalue weighted by Gasteiger charge is -2.31. The summed E-state index contributed by atoms with van der Waals surface area (Å²) in [5.74, 6) is 0.285. The second kappa shape index (κ2) is 7.09. The molecule has 1 aliphatic heterocycles. The Morgan fingerprint density at radius 1 is 1.31 bits per heavy atom. The predicted molar refractivity (Wildman–Crippen MR) is 99.2 cm³/mol. The molecule has 1 unspecified atom stereocenters. The smallest absolute Gasteiger partial charge is 0.310 e. The van der Waals surface area contributed by atoms with E-state index in [9.17, 15) is 9.59 Å². The Morgan fingerprint density at radius 3 is 2.77 bits per heavy atom. The lowest BCUT2D eigenvalue weighted by atomic mass is 9.96. The highest BCUT2D eigenvalue weighted by Gasteiger charge is 2.32. The molecule has 1 atom stereocenters. The predicted octanol–water partition coefficient (Wildman–Crippen LogP) is 3.05. The molecule has 1 aliphatic rings. The fraction of sp³-hybridized carbons (Fsp3) is 0.550. The maximum Gasteiger partial charge on any atom is 0.310 e. The normalized spacial score (nSPS) is 18.2. The van der Waals surface area contributed by atoms with Crippen LogP contribution in [-0.2, 0) is 14.9 Å². The molecule has 0 aromatic carbocycles. The minimum Gasteiger partial charge on any atom is -0.466 e. The third-order valence-corrected chi connectivity index (χ3v) is 4.75. The van der Waals surface area contributed by atoms with Crippen LogP contribution in [0.4, 0.5) is 0 Å². The molecule has 0 saturated carbocycles. The Hall–Kier alpha value is -2.37. The van der Waals surface area contributed by atoms with Gasteiger partial charge >= 0.3 is 5.97 Å². The van der Waals surface area contributed by atoms with Gasteiger partial charge in [0.25, 0.3) is 5.91 Å². The van der Waals surface area contributed by atoms with Crippen LogP contribution < -0.4 is 0 Å². The van der Waals surface area contributed by atoms with E-state index in [-0.39, 0.29) is 23.2 Å². The summed E-state index contributed by atoms with van der Waals surface area (Å²) in [6.45, 7) is 9.46. The molecule has 0 aliphatic carbocycles. The maximum absolute atomic E-state index is 13.2. The van der Waals surface area contributed by atoms with Gasteiger partial charge < -0.3 is 14.0 Å². The summed E-state index contributed by atoms with van der Waals surface area (Å²) >= 11 is 0. The van der Waals surface area contributed by atoms with E-state index in [1.807, 2.05) is 28.8 Å². The number of likely N-dealkylation sites (tertiary alicyclic amines) is 1. The molecular formula is C20H27N3O3. The second-order valence-corrected chi connectivity index (χ2v) is 7.83. The van der Waals surface area contributed by atoms with Crippen molar-refractivity contribution >= 4 is 17.4 Å². The Morgan fingerprint density at radius 2 is 2.08 bits per heavy atom. The van der Waals surface area contributed by atoms with Gasteiger partial charge in [-0.15, -0.1) is 0 Å². The molecule has 0 spiro atoms. The van der Waals surface area contributed by atoms with Crippen molar-refractivity contribution in [2.24, 2.45) is 5.92 Å². The Kier molecular flexibility index (Phi) is 5.03. The highest BCUT2D eigenvalue weighted by molar-refractivity contribution is 5.99. The molecular weight excluding hydrogens is 330 g/mol. The molecule has 3 rings (SSSR count). The summed E-state index contributed by atoms with van der Waals surface area (Å²) in [5, 5.41) is 0. The number of rotatable bonds is 3. The largest absolute Gasteiger partial charge is 0.466 e. The molecule has 0 N–H and O–H groups in total. The van der Waals surface area contributed by atoms with Crippen LogP contribution in [0.3, 0.4) is 0 Å². The molecule has 1 amide bonds. The molecule has 2 aromatic rings. The number of hydrogen-bond donors (Lipinski definition) is 0. The quantitative estimate of drug-likeness (QED) is 0.792. The molecule has 1 saturated heterocycles. The first-order valence-electron chi connectivity index (χ1n) is 9.26. The summed E-state index contributed by atoms with van der Waals surface area (Å²) in [6, 6.07) is 5.77. The van der Waals surface area contributed by atoms with Gasteiger partial charge in [-0.25, -0.2) is 4.98 Å². The zero-order valence-electron chi connectivity index (χ0n) is 16.0. The van der Waals surface area contributed by atoms with Crippen LogP contribution in [0.1, 0.15) is 56.8 Å². The monoisotopic (exact) mass is 357 g/mol. The van der Waals surface area contributed by atoms with Crippen LogP contribution in [0.25, 0.3) is 5.52 Å². The van der Waals surface area contributed by atoms with E-state index in [0.29, 0.717) is 25.4 Å². The van der Waals surface area contributed by atoms with E-state index in [2.05, 4.69) is 20.8 Å². The highest BCUT2D eigenvalue weighted by atomic mass is 16.5. The number of piperidine rings is 1. The minimum atomic E-state index is -0.247. The van der Waals surface area contributed by atoms with Crippen molar-refractivity contribution in [1.82, 2.24) is 14.3 Å². The molecule has 26 heavy (non-hydrogen) atoms. The lowest BCUT2D eigenvalue weighted by molar-refractivity contribution is -0.149. The Bertz CT molecular complexity index is 819. The number of esters is 1. The number of aromatic nitrogens is 2. The van der Waals surface area contributed by atoms with E-state index < -0.39 is 0 Å². The van der Waals surface area contributed by atoms with Gasteiger partial charge in [0.05, 0.1) is 18.0 Å². The third-order valence-electron chi connectivity index (χ3n) is 4.75. The summed E-state index contributed by atoms with van der Waals surface area (Å²) in [5.41, 5.74) is 1.08. The summed E-state index contributed by atoms with van der Waals surface area (Å²) < 4.78 is 7.12. The number of fused-ring (bicyclic) bond motifs is 1. The zero-order valence-corrected chi connectivity index (χ0v) is 16.0. The van der Waals surface area contributed by atoms with Crippen molar-refractivity contribution in [1.29, 1.82) is 0 Å². The molecule has 2 aromatic heterocycles. The summed E-state index contributed by atoms with van der Waals surface area (Å²) in [6.07, 6.45) is 3.50. The molecule has 1 fully saturated rings. The van der Waals surface area contributed by atoms with Gasteiger partial charge in [-0.2, -0.15) is 0 Å². The Labute approximate surface area is 154 Å². The average Bonchev–Trinajstić information content (AvgIpc) is 3.01. The van der Waals surface area contributed by atoms with Gasteiger partial charge in [-0.05, 0) is 31.9 Å². The van der Waals surface area contributed by atoms with Crippen LogP contribution in [0.15, 0.2) is 24.4 Å². The fourth-order valence-corrected chi connectivity index (χ4v) is 3.49. The second-order valence-electron chi connectivity index (χ2n) is 7.83. The molecule has 3 heterocycles. The topological polar surface area (TPSA) is 63.9 Å². The maximum atomic E-state index is 13.2. The minimum absolute atomic E-state index is 0.113. The zero-order chi connectivity index (χ0) is 18.9. The van der Waals surface area contributed by atoms with Gasteiger partial charge in [0.1, 0.15) is 5.82 Å². The van der Waals surface area contributed by atoms with Crippen molar-refractivity contribution in [3.05, 3.63) is 35.9 Å². The number of carbonyl (C=O) groups is 2. The van der Waals surface area contributed by atoms with E-state index >= 15 is 0 Å². The lowest BCUT2D eigenvalue weighted by Crippen LogP contribution is -2.43. The van der Waals surface area contributed by atoms with Crippen LogP contribution in [-0.4, -0.2) is 45.9 Å². The number of hydrogen-bond acceptors (Lipinski definition) is 4. The highest BCUT2D eigenvalue weighted by Crippen LogP contribution is 2.26. The summed E-state index contributed by atoms with van der Waals surface area (Å²) in [7, 11) is 0. The van der Waals surface area contributed by atoms with E-state index in [1.54, 1.807) is 11.8 Å². The SMILES string of the molecule is CCOC(=O)C1CCCN(C(=O)c2nc(C(C)(C)C)n3ccccc23)C1. The van der Waals surface area contributed by atoms with Crippen molar-refractivity contribution in [2.45, 2.75) is 46.0 Å². The summed E-state index contributed by atoms with van der Waals surface area (Å²) in [4.78, 5) is 31.7. The fourth-order valence-electron chi connectivity index (χ4n) is 3.49. The molecule has 6 heteroatoms. The number of carbonyl (C=O) groups excluding carboxylic acids is 2. The number of pyridine rings is 1. The van der Waals surface area contributed by atoms with E-state index in [0.717, 1.165) is 24.2 Å². The van der Waals surface area contributed by atoms with Crippen molar-refractivity contribution in [3.63, 3.8) is 0 Å². The van der Waals surface area contributed by atoms with Crippen molar-refractivity contribution in [2.75, 3.05) is 19.7 Å². The third kappa shape index (κ3) is 3.45. The van der Waals surface area contributed by atoms with Gasteiger partial charge in [0, 0.05) is 24.7 Å². The number of imidazole rings is 1. The van der Waals surface area contributed by atoms with Gasteiger partial charge in [-0.1, -0.05) is 26.8 Å². The van der Waals surface area contributed by atoms with Crippen molar-refractivity contribution < 1.29 is 14.3 Å². The van der Waals surface area contributed by atoms with Crippen LogP contribution in [0, 0.1) is 5.92 Å². The average molecular weight is 357 g/mol. The van der Waals surface area contributed by atoms with Crippen molar-refractivity contribution in [3.8, 4) is 0 Å². The first-order valence-corrected chi connectivity index (χ1v) is 9.26. The van der Waals surface area contributed by atoms with Gasteiger partial charge in [-0.3, -0.25) is 9.59 Å². The Balaban J connectivity index is 1.92. The molecule has 6 nitrogen and oxygen atoms in total.